The van der Waals surface area contributed by atoms with Crippen LogP contribution in [0.5, 0.6) is 5.75 Å². The molecule has 2 aromatic heterocycles. The van der Waals surface area contributed by atoms with E-state index in [1.807, 2.05) is 26.1 Å². The van der Waals surface area contributed by atoms with Gasteiger partial charge in [-0.3, -0.25) is 14.5 Å². The predicted molar refractivity (Wildman–Crippen MR) is 139 cm³/mol. The number of amides is 1. The first-order valence-corrected chi connectivity index (χ1v) is 11.9. The number of fused-ring (bicyclic) bond motifs is 2. The van der Waals surface area contributed by atoms with Crippen LogP contribution in [0.2, 0.25) is 5.02 Å². The van der Waals surface area contributed by atoms with Gasteiger partial charge >= 0.3 is 0 Å². The Hall–Kier alpha value is -3.32. The van der Waals surface area contributed by atoms with E-state index in [-0.39, 0.29) is 23.7 Å². The van der Waals surface area contributed by atoms with E-state index < -0.39 is 17.1 Å². The Morgan fingerprint density at radius 1 is 1.19 bits per heavy atom. The highest BCUT2D eigenvalue weighted by Crippen LogP contribution is 2.39. The lowest BCUT2D eigenvalue weighted by atomic mass is 9.59. The third-order valence-electron chi connectivity index (χ3n) is 6.20. The lowest BCUT2D eigenvalue weighted by Gasteiger charge is -2.33. The molecule has 4 radical (unpaired) electrons. The SMILES string of the molecule is [B]C1([B])c2ncccc2C(=O)N1Cc1c(F)cc(-c2ccc(Cl)c3nn(C)cc23)cc1OCC(C)C. The maximum Gasteiger partial charge on any atom is 0.255 e. The number of pyridine rings is 1. The van der Waals surface area contributed by atoms with E-state index in [0.717, 1.165) is 10.9 Å². The second-order valence-electron chi connectivity index (χ2n) is 9.42. The molecule has 36 heavy (non-hydrogen) atoms. The maximum atomic E-state index is 15.8. The highest BCUT2D eigenvalue weighted by atomic mass is 35.5. The molecule has 0 fully saturated rings. The average molecular weight is 499 g/mol. The van der Waals surface area contributed by atoms with Gasteiger partial charge in [-0.05, 0) is 47.4 Å². The van der Waals surface area contributed by atoms with Crippen LogP contribution in [0.15, 0.2) is 48.8 Å². The molecule has 1 aliphatic heterocycles. The number of rotatable bonds is 6. The van der Waals surface area contributed by atoms with Crippen molar-refractivity contribution in [2.45, 2.75) is 25.7 Å². The topological polar surface area (TPSA) is 60.2 Å². The van der Waals surface area contributed by atoms with Crippen molar-refractivity contribution >= 4 is 44.1 Å². The van der Waals surface area contributed by atoms with E-state index in [0.29, 0.717) is 34.0 Å². The van der Waals surface area contributed by atoms with Crippen molar-refractivity contribution < 1.29 is 13.9 Å². The van der Waals surface area contributed by atoms with Crippen LogP contribution in [0.3, 0.4) is 0 Å². The predicted octanol–water partition coefficient (Wildman–Crippen LogP) is 4.57. The molecule has 5 rings (SSSR count). The van der Waals surface area contributed by atoms with Crippen LogP contribution in [0.1, 0.15) is 35.5 Å². The van der Waals surface area contributed by atoms with Gasteiger partial charge in [-0.1, -0.05) is 31.5 Å². The van der Waals surface area contributed by atoms with Crippen molar-refractivity contribution in [3.05, 3.63) is 76.5 Å². The zero-order valence-electron chi connectivity index (χ0n) is 20.1. The number of aryl methyl sites for hydroxylation is 1. The number of ether oxygens (including phenoxy) is 1. The molecule has 10 heteroatoms. The first-order chi connectivity index (χ1) is 17.1. The molecule has 1 aliphatic rings. The average Bonchev–Trinajstić information content (AvgIpc) is 3.31. The Labute approximate surface area is 216 Å². The first kappa shape index (κ1) is 24.4. The van der Waals surface area contributed by atoms with E-state index in [1.165, 1.54) is 17.2 Å². The van der Waals surface area contributed by atoms with Gasteiger partial charge in [0, 0.05) is 35.7 Å². The summed E-state index contributed by atoms with van der Waals surface area (Å²) in [6.07, 6.45) is 3.35. The minimum atomic E-state index is -1.69. The standard InChI is InChI=1S/C26H22B2ClFN4O2/c1-14(2)13-36-22-10-15(16-6-7-20(29)23-18(16)11-33(3)32-23)9-21(30)19(22)12-34-25(35)17-5-4-8-31-24(17)26(34,27)28/h4-11,14H,12-13H2,1-3H3. The second kappa shape index (κ2) is 8.96. The van der Waals surface area contributed by atoms with Crippen LogP contribution in [-0.4, -0.2) is 47.9 Å². The number of halogens is 2. The number of carbonyl (C=O) groups excluding carboxylic acids is 1. The van der Waals surface area contributed by atoms with Crippen LogP contribution in [-0.2, 0) is 18.9 Å². The number of hydrogen-bond acceptors (Lipinski definition) is 4. The number of nitrogens with zero attached hydrogens (tertiary/aromatic N) is 4. The molecular formula is C26H22B2ClFN4O2. The monoisotopic (exact) mass is 498 g/mol. The van der Waals surface area contributed by atoms with Crippen LogP contribution in [0.4, 0.5) is 4.39 Å². The number of benzene rings is 2. The molecule has 3 heterocycles. The third kappa shape index (κ3) is 4.05. The van der Waals surface area contributed by atoms with E-state index in [4.69, 9.17) is 32.0 Å². The summed E-state index contributed by atoms with van der Waals surface area (Å²) in [4.78, 5) is 18.5. The fourth-order valence-electron chi connectivity index (χ4n) is 4.44. The Morgan fingerprint density at radius 2 is 1.97 bits per heavy atom. The van der Waals surface area contributed by atoms with E-state index in [9.17, 15) is 4.79 Å². The molecule has 0 aliphatic carbocycles. The fourth-order valence-corrected chi connectivity index (χ4v) is 4.65. The molecule has 0 spiro atoms. The van der Waals surface area contributed by atoms with E-state index >= 15 is 4.39 Å². The summed E-state index contributed by atoms with van der Waals surface area (Å²) in [5.41, 5.74) is 2.69. The maximum absolute atomic E-state index is 15.8. The molecule has 6 nitrogen and oxygen atoms in total. The molecule has 0 bridgehead atoms. The zero-order valence-corrected chi connectivity index (χ0v) is 20.9. The van der Waals surface area contributed by atoms with E-state index in [2.05, 4.69) is 10.1 Å². The van der Waals surface area contributed by atoms with Gasteiger partial charge in [-0.2, -0.15) is 5.10 Å². The van der Waals surface area contributed by atoms with Crippen LogP contribution in [0, 0.1) is 11.7 Å². The summed E-state index contributed by atoms with van der Waals surface area (Å²) in [7, 11) is 14.5. The van der Waals surface area contributed by atoms with Gasteiger partial charge in [0.25, 0.3) is 5.91 Å². The van der Waals surface area contributed by atoms with Crippen molar-refractivity contribution in [2.24, 2.45) is 13.0 Å². The lowest BCUT2D eigenvalue weighted by Crippen LogP contribution is -2.45. The number of carbonyl (C=O) groups is 1. The highest BCUT2D eigenvalue weighted by Gasteiger charge is 2.43. The van der Waals surface area contributed by atoms with Gasteiger partial charge < -0.3 is 9.64 Å². The fraction of sp³-hybridized carbons (Fsp3) is 0.269. The molecular weight excluding hydrogens is 476 g/mol. The van der Waals surface area contributed by atoms with Gasteiger partial charge in [-0.25, -0.2) is 4.39 Å². The Kier molecular flexibility index (Phi) is 6.07. The van der Waals surface area contributed by atoms with Crippen LogP contribution >= 0.6 is 11.6 Å². The minimum Gasteiger partial charge on any atom is -0.493 e. The van der Waals surface area contributed by atoms with Crippen molar-refractivity contribution in [1.29, 1.82) is 0 Å². The summed E-state index contributed by atoms with van der Waals surface area (Å²) in [5, 5.41) is 4.02. The molecule has 0 atom stereocenters. The summed E-state index contributed by atoms with van der Waals surface area (Å²) >= 11 is 6.34. The second-order valence-corrected chi connectivity index (χ2v) is 9.82. The van der Waals surface area contributed by atoms with Gasteiger partial charge in [0.1, 0.15) is 17.1 Å². The summed E-state index contributed by atoms with van der Waals surface area (Å²) in [6.45, 7) is 4.15. The van der Waals surface area contributed by atoms with Gasteiger partial charge in [0.05, 0.1) is 45.1 Å². The molecule has 4 aromatic rings. The largest absolute Gasteiger partial charge is 0.493 e. The lowest BCUT2D eigenvalue weighted by molar-refractivity contribution is 0.0727. The summed E-state index contributed by atoms with van der Waals surface area (Å²) < 4.78 is 23.5. The van der Waals surface area contributed by atoms with Gasteiger partial charge in [0.2, 0.25) is 0 Å². The van der Waals surface area contributed by atoms with Crippen molar-refractivity contribution in [2.75, 3.05) is 6.61 Å². The molecule has 0 unspecified atom stereocenters. The third-order valence-corrected chi connectivity index (χ3v) is 6.51. The number of hydrogen-bond donors (Lipinski definition) is 0. The molecule has 0 N–H and O–H groups in total. The van der Waals surface area contributed by atoms with Gasteiger partial charge in [-0.15, -0.1) is 0 Å². The molecule has 1 amide bonds. The molecule has 0 saturated heterocycles. The van der Waals surface area contributed by atoms with Crippen molar-refractivity contribution in [1.82, 2.24) is 19.7 Å². The summed E-state index contributed by atoms with van der Waals surface area (Å²) in [5.74, 6) is -0.477. The first-order valence-electron chi connectivity index (χ1n) is 11.5. The highest BCUT2D eigenvalue weighted by molar-refractivity contribution is 6.42. The van der Waals surface area contributed by atoms with Crippen LogP contribution < -0.4 is 4.74 Å². The zero-order chi connectivity index (χ0) is 25.8. The van der Waals surface area contributed by atoms with Crippen molar-refractivity contribution in [3.63, 3.8) is 0 Å². The normalized spacial score (nSPS) is 14.6. The smallest absolute Gasteiger partial charge is 0.255 e. The van der Waals surface area contributed by atoms with Gasteiger partial charge in [0.15, 0.2) is 0 Å². The summed E-state index contributed by atoms with van der Waals surface area (Å²) in [6, 6.07) is 9.97. The molecule has 178 valence electrons. The van der Waals surface area contributed by atoms with E-state index in [1.54, 1.807) is 36.0 Å². The quantitative estimate of drug-likeness (QED) is 0.366. The molecule has 0 saturated carbocycles. The minimum absolute atomic E-state index is 0.178. The Bertz CT molecular complexity index is 1510. The Balaban J connectivity index is 1.60. The Morgan fingerprint density at radius 3 is 2.69 bits per heavy atom. The van der Waals surface area contributed by atoms with Crippen molar-refractivity contribution in [3.8, 4) is 16.9 Å². The number of aromatic nitrogens is 3. The molecule has 2 aromatic carbocycles. The van der Waals surface area contributed by atoms with Crippen LogP contribution in [0.25, 0.3) is 22.0 Å².